The first-order chi connectivity index (χ1) is 6.50. The van der Waals surface area contributed by atoms with Gasteiger partial charge in [-0.3, -0.25) is 0 Å². The fourth-order valence-corrected chi connectivity index (χ4v) is 1.60. The summed E-state index contributed by atoms with van der Waals surface area (Å²) in [6, 6.07) is 0.457. The molecule has 1 aromatic rings. The highest BCUT2D eigenvalue weighted by Crippen LogP contribution is 2.20. The predicted molar refractivity (Wildman–Crippen MR) is 60.2 cm³/mol. The lowest BCUT2D eigenvalue weighted by molar-refractivity contribution is 0.443. The highest BCUT2D eigenvalue weighted by atomic mass is 15.2. The third-order valence-corrected chi connectivity index (χ3v) is 2.52. The molecule has 80 valence electrons. The predicted octanol–water partition coefficient (Wildman–Crippen LogP) is 2.77. The zero-order valence-corrected chi connectivity index (χ0v) is 9.62. The lowest BCUT2D eigenvalue weighted by Gasteiger charge is -2.15. The second-order valence-electron chi connectivity index (χ2n) is 4.47. The van der Waals surface area contributed by atoms with Crippen molar-refractivity contribution in [2.75, 3.05) is 5.73 Å². The molecule has 1 atom stereocenters. The number of nitrogens with zero attached hydrogens (tertiary/aromatic N) is 2. The number of nitrogens with two attached hydrogens (primary N) is 1. The average Bonchev–Trinajstić information content (AvgIpc) is 2.41. The molecule has 0 aliphatic heterocycles. The molecule has 0 radical (unpaired) electrons. The van der Waals surface area contributed by atoms with Crippen LogP contribution in [0, 0.1) is 12.8 Å². The van der Waals surface area contributed by atoms with Crippen LogP contribution in [0.4, 0.5) is 5.95 Å². The van der Waals surface area contributed by atoms with E-state index in [2.05, 4.69) is 30.3 Å². The SMILES string of the molecule is Cc1cn(C(C)CCC(C)C)c(N)n1. The highest BCUT2D eigenvalue weighted by Gasteiger charge is 2.09. The molecule has 0 aliphatic carbocycles. The minimum absolute atomic E-state index is 0.457. The standard InChI is InChI=1S/C11H21N3/c1-8(2)5-6-10(4)14-7-9(3)13-11(14)12/h7-8,10H,5-6H2,1-4H3,(H2,12,13). The molecule has 0 saturated heterocycles. The van der Waals surface area contributed by atoms with Crippen LogP contribution in [-0.2, 0) is 0 Å². The number of hydrogen-bond acceptors (Lipinski definition) is 2. The molecule has 0 fully saturated rings. The van der Waals surface area contributed by atoms with Crippen molar-refractivity contribution in [1.29, 1.82) is 0 Å². The summed E-state index contributed by atoms with van der Waals surface area (Å²) in [4.78, 5) is 4.20. The van der Waals surface area contributed by atoms with Crippen LogP contribution in [0.25, 0.3) is 0 Å². The van der Waals surface area contributed by atoms with E-state index in [4.69, 9.17) is 5.73 Å². The van der Waals surface area contributed by atoms with E-state index in [0.717, 1.165) is 18.0 Å². The molecule has 3 heteroatoms. The summed E-state index contributed by atoms with van der Waals surface area (Å²) in [5.74, 6) is 1.39. The van der Waals surface area contributed by atoms with Crippen LogP contribution in [0.2, 0.25) is 0 Å². The highest BCUT2D eigenvalue weighted by molar-refractivity contribution is 5.22. The van der Waals surface area contributed by atoms with Gasteiger partial charge in [0.2, 0.25) is 5.95 Å². The Morgan fingerprint density at radius 1 is 1.36 bits per heavy atom. The summed E-state index contributed by atoms with van der Waals surface area (Å²) < 4.78 is 2.07. The molecule has 0 spiro atoms. The van der Waals surface area contributed by atoms with Gasteiger partial charge in [0, 0.05) is 12.2 Å². The van der Waals surface area contributed by atoms with Gasteiger partial charge in [0.15, 0.2) is 0 Å². The van der Waals surface area contributed by atoms with Crippen LogP contribution in [0.5, 0.6) is 0 Å². The molecule has 0 saturated carbocycles. The van der Waals surface area contributed by atoms with E-state index in [1.807, 2.05) is 13.1 Å². The van der Waals surface area contributed by atoms with Crippen LogP contribution >= 0.6 is 0 Å². The van der Waals surface area contributed by atoms with Gasteiger partial charge in [0.25, 0.3) is 0 Å². The first-order valence-corrected chi connectivity index (χ1v) is 5.31. The van der Waals surface area contributed by atoms with Gasteiger partial charge in [-0.05, 0) is 32.6 Å². The Morgan fingerprint density at radius 2 is 2.00 bits per heavy atom. The molecule has 1 unspecified atom stereocenters. The lowest BCUT2D eigenvalue weighted by Crippen LogP contribution is -2.08. The minimum Gasteiger partial charge on any atom is -0.369 e. The van der Waals surface area contributed by atoms with Gasteiger partial charge in [-0.2, -0.15) is 0 Å². The average molecular weight is 195 g/mol. The molecule has 2 N–H and O–H groups in total. The molecule has 0 amide bonds. The van der Waals surface area contributed by atoms with Crippen molar-refractivity contribution in [3.63, 3.8) is 0 Å². The van der Waals surface area contributed by atoms with Crippen molar-refractivity contribution in [3.8, 4) is 0 Å². The monoisotopic (exact) mass is 195 g/mol. The molecule has 1 aromatic heterocycles. The summed E-state index contributed by atoms with van der Waals surface area (Å²) in [6.07, 6.45) is 4.43. The maximum Gasteiger partial charge on any atom is 0.200 e. The molecule has 14 heavy (non-hydrogen) atoms. The van der Waals surface area contributed by atoms with Gasteiger partial charge in [-0.1, -0.05) is 13.8 Å². The van der Waals surface area contributed by atoms with Crippen LogP contribution in [0.3, 0.4) is 0 Å². The molecule has 1 rings (SSSR count). The minimum atomic E-state index is 0.457. The molecule has 0 bridgehead atoms. The molecular formula is C11H21N3. The van der Waals surface area contributed by atoms with Crippen LogP contribution < -0.4 is 5.73 Å². The zero-order valence-electron chi connectivity index (χ0n) is 9.62. The summed E-state index contributed by atoms with van der Waals surface area (Å²) in [7, 11) is 0. The summed E-state index contributed by atoms with van der Waals surface area (Å²) >= 11 is 0. The Labute approximate surface area is 86.3 Å². The summed E-state index contributed by atoms with van der Waals surface area (Å²) in [5, 5.41) is 0. The van der Waals surface area contributed by atoms with Gasteiger partial charge in [0.05, 0.1) is 5.69 Å². The first-order valence-electron chi connectivity index (χ1n) is 5.31. The number of nitrogen functional groups attached to an aromatic ring is 1. The number of hydrogen-bond donors (Lipinski definition) is 1. The number of anilines is 1. The van der Waals surface area contributed by atoms with Crippen molar-refractivity contribution < 1.29 is 0 Å². The van der Waals surface area contributed by atoms with E-state index in [1.54, 1.807) is 0 Å². The third kappa shape index (κ3) is 2.76. The quantitative estimate of drug-likeness (QED) is 0.802. The van der Waals surface area contributed by atoms with Gasteiger partial charge in [-0.15, -0.1) is 0 Å². The van der Waals surface area contributed by atoms with Crippen molar-refractivity contribution in [2.24, 2.45) is 5.92 Å². The van der Waals surface area contributed by atoms with Crippen molar-refractivity contribution in [3.05, 3.63) is 11.9 Å². The molecule has 3 nitrogen and oxygen atoms in total. The zero-order chi connectivity index (χ0) is 10.7. The largest absolute Gasteiger partial charge is 0.369 e. The number of imidazole rings is 1. The Bertz CT molecular complexity index is 289. The second-order valence-corrected chi connectivity index (χ2v) is 4.47. The van der Waals surface area contributed by atoms with Gasteiger partial charge in [0.1, 0.15) is 0 Å². The summed E-state index contributed by atoms with van der Waals surface area (Å²) in [5.41, 5.74) is 6.80. The van der Waals surface area contributed by atoms with Crippen LogP contribution in [-0.4, -0.2) is 9.55 Å². The second kappa shape index (κ2) is 4.49. The Morgan fingerprint density at radius 3 is 2.43 bits per heavy atom. The van der Waals surface area contributed by atoms with Gasteiger partial charge >= 0.3 is 0 Å². The smallest absolute Gasteiger partial charge is 0.200 e. The van der Waals surface area contributed by atoms with E-state index < -0.39 is 0 Å². The van der Waals surface area contributed by atoms with E-state index in [1.165, 1.54) is 6.42 Å². The fraction of sp³-hybridized carbons (Fsp3) is 0.727. The van der Waals surface area contributed by atoms with E-state index >= 15 is 0 Å². The van der Waals surface area contributed by atoms with Crippen molar-refractivity contribution in [2.45, 2.75) is 46.6 Å². The number of aromatic nitrogens is 2. The Balaban J connectivity index is 2.60. The van der Waals surface area contributed by atoms with E-state index in [9.17, 15) is 0 Å². The lowest BCUT2D eigenvalue weighted by atomic mass is 10.0. The fourth-order valence-electron chi connectivity index (χ4n) is 1.60. The maximum absolute atomic E-state index is 5.80. The molecular weight excluding hydrogens is 174 g/mol. The van der Waals surface area contributed by atoms with Gasteiger partial charge in [-0.25, -0.2) is 4.98 Å². The molecule has 0 aromatic carbocycles. The van der Waals surface area contributed by atoms with Crippen LogP contribution in [0.1, 0.15) is 45.3 Å². The topological polar surface area (TPSA) is 43.8 Å². The summed E-state index contributed by atoms with van der Waals surface area (Å²) in [6.45, 7) is 8.66. The van der Waals surface area contributed by atoms with Crippen LogP contribution in [0.15, 0.2) is 6.20 Å². The normalized spacial score (nSPS) is 13.5. The Hall–Kier alpha value is -0.990. The van der Waals surface area contributed by atoms with Crippen molar-refractivity contribution in [1.82, 2.24) is 9.55 Å². The third-order valence-electron chi connectivity index (χ3n) is 2.52. The van der Waals surface area contributed by atoms with Crippen molar-refractivity contribution >= 4 is 5.95 Å². The maximum atomic E-state index is 5.80. The van der Waals surface area contributed by atoms with E-state index in [-0.39, 0.29) is 0 Å². The number of aryl methyl sites for hydroxylation is 1. The molecule has 0 aliphatic rings. The van der Waals surface area contributed by atoms with Gasteiger partial charge < -0.3 is 10.3 Å². The Kier molecular flexibility index (Phi) is 3.55. The number of rotatable bonds is 4. The molecule has 1 heterocycles. The first kappa shape index (κ1) is 11.1. The van der Waals surface area contributed by atoms with E-state index in [0.29, 0.717) is 12.0 Å².